The molecule has 0 unspecified atom stereocenters. The summed E-state index contributed by atoms with van der Waals surface area (Å²) in [5, 5.41) is 13.0. The van der Waals surface area contributed by atoms with Crippen LogP contribution >= 0.6 is 24.0 Å². The van der Waals surface area contributed by atoms with Crippen molar-refractivity contribution in [3.63, 3.8) is 0 Å². The fourth-order valence-electron chi connectivity index (χ4n) is 3.62. The lowest BCUT2D eigenvalue weighted by atomic mass is 10.1. The van der Waals surface area contributed by atoms with Gasteiger partial charge in [0.1, 0.15) is 6.61 Å². The number of hydrogen-bond donors (Lipinski definition) is 2. The molecule has 0 radical (unpaired) electrons. The van der Waals surface area contributed by atoms with Crippen LogP contribution in [0.5, 0.6) is 5.75 Å². The quantitative estimate of drug-likeness (QED) is 0.296. The summed E-state index contributed by atoms with van der Waals surface area (Å²) in [5.74, 6) is 0.668. The van der Waals surface area contributed by atoms with Crippen molar-refractivity contribution in [2.75, 3.05) is 40.3 Å². The first-order chi connectivity index (χ1) is 15.0. The molecule has 0 amide bonds. The van der Waals surface area contributed by atoms with Gasteiger partial charge in [-0.15, -0.1) is 24.0 Å². The lowest BCUT2D eigenvalue weighted by molar-refractivity contribution is 0.0792. The molecule has 1 aliphatic heterocycles. The van der Waals surface area contributed by atoms with E-state index in [9.17, 15) is 9.50 Å². The van der Waals surface area contributed by atoms with E-state index in [-0.39, 0.29) is 41.6 Å². The van der Waals surface area contributed by atoms with E-state index >= 15 is 0 Å². The van der Waals surface area contributed by atoms with Crippen LogP contribution in [0.2, 0.25) is 0 Å². The highest BCUT2D eigenvalue weighted by molar-refractivity contribution is 14.0. The summed E-state index contributed by atoms with van der Waals surface area (Å²) in [6.07, 6.45) is 1.59. The summed E-state index contributed by atoms with van der Waals surface area (Å²) in [4.78, 5) is 8.67. The second-order valence-electron chi connectivity index (χ2n) is 7.93. The Labute approximate surface area is 207 Å². The van der Waals surface area contributed by atoms with Crippen LogP contribution in [-0.2, 0) is 13.1 Å². The Kier molecular flexibility index (Phi) is 11.2. The molecule has 1 aliphatic rings. The number of aliphatic hydroxyl groups is 1. The molecule has 0 bridgehead atoms. The van der Waals surface area contributed by atoms with Crippen molar-refractivity contribution in [1.82, 2.24) is 15.1 Å². The molecule has 0 saturated carbocycles. The highest BCUT2D eigenvalue weighted by atomic mass is 127. The van der Waals surface area contributed by atoms with Crippen molar-refractivity contribution < 1.29 is 14.2 Å². The van der Waals surface area contributed by atoms with E-state index in [0.717, 1.165) is 38.4 Å². The first kappa shape index (κ1) is 26.3. The number of halogens is 2. The van der Waals surface area contributed by atoms with Crippen molar-refractivity contribution in [3.8, 4) is 5.75 Å². The van der Waals surface area contributed by atoms with Gasteiger partial charge in [-0.25, -0.2) is 4.39 Å². The average Bonchev–Trinajstić information content (AvgIpc) is 2.78. The van der Waals surface area contributed by atoms with Crippen molar-refractivity contribution in [1.29, 1.82) is 0 Å². The van der Waals surface area contributed by atoms with Gasteiger partial charge in [0.2, 0.25) is 0 Å². The number of aliphatic hydroxyl groups excluding tert-OH is 1. The molecule has 176 valence electrons. The van der Waals surface area contributed by atoms with E-state index in [0.29, 0.717) is 19.7 Å². The van der Waals surface area contributed by atoms with Crippen LogP contribution in [0, 0.1) is 5.82 Å². The maximum absolute atomic E-state index is 13.6. The molecule has 0 aliphatic carbocycles. The Balaban J connectivity index is 0.00000363. The van der Waals surface area contributed by atoms with Crippen LogP contribution in [0.25, 0.3) is 0 Å². The topological polar surface area (TPSA) is 60.3 Å². The van der Waals surface area contributed by atoms with Gasteiger partial charge in [-0.3, -0.25) is 9.89 Å². The third-order valence-electron chi connectivity index (χ3n) is 5.53. The number of nitrogens with one attached hydrogen (secondary N) is 1. The molecule has 2 N–H and O–H groups in total. The summed E-state index contributed by atoms with van der Waals surface area (Å²) >= 11 is 0. The number of likely N-dealkylation sites (N-methyl/N-ethyl adjacent to an activating group) is 1. The smallest absolute Gasteiger partial charge is 0.193 e. The van der Waals surface area contributed by atoms with E-state index < -0.39 is 0 Å². The van der Waals surface area contributed by atoms with Crippen LogP contribution < -0.4 is 10.1 Å². The predicted molar refractivity (Wildman–Crippen MR) is 137 cm³/mol. The van der Waals surface area contributed by atoms with Gasteiger partial charge in [-0.05, 0) is 36.1 Å². The Hall–Kier alpha value is -1.91. The molecule has 0 spiro atoms. The zero-order chi connectivity index (χ0) is 22.1. The molecule has 3 rings (SSSR count). The molecule has 1 fully saturated rings. The Morgan fingerprint density at radius 3 is 2.47 bits per heavy atom. The van der Waals surface area contributed by atoms with Crippen molar-refractivity contribution in [2.24, 2.45) is 4.99 Å². The SMILES string of the molecule is CN=C(NCc1ccc(CN2CCC(O)CC2)cc1)N(C)CCOc1ccccc1F.I. The number of piperidine rings is 1. The van der Waals surface area contributed by atoms with Gasteiger partial charge in [-0.2, -0.15) is 0 Å². The molecular formula is C24H34FIN4O2. The Morgan fingerprint density at radius 2 is 1.81 bits per heavy atom. The fourth-order valence-corrected chi connectivity index (χ4v) is 3.62. The molecule has 0 aromatic heterocycles. The number of nitrogens with zero attached hydrogens (tertiary/aromatic N) is 3. The number of likely N-dealkylation sites (tertiary alicyclic amines) is 1. The highest BCUT2D eigenvalue weighted by Crippen LogP contribution is 2.15. The Bertz CT molecular complexity index is 842. The number of benzene rings is 2. The summed E-state index contributed by atoms with van der Waals surface area (Å²) in [7, 11) is 3.67. The standard InChI is InChI=1S/C24H33FN4O2.HI/c1-26-24(28(2)15-16-31-23-6-4-3-5-22(23)25)27-17-19-7-9-20(10-8-19)18-29-13-11-21(30)12-14-29;/h3-10,21,30H,11-18H2,1-2H3,(H,26,27);1H. The molecule has 32 heavy (non-hydrogen) atoms. The van der Waals surface area contributed by atoms with Crippen molar-refractivity contribution in [3.05, 3.63) is 65.5 Å². The van der Waals surface area contributed by atoms with Gasteiger partial charge >= 0.3 is 0 Å². The summed E-state index contributed by atoms with van der Waals surface area (Å²) < 4.78 is 19.2. The number of ether oxygens (including phenoxy) is 1. The second-order valence-corrected chi connectivity index (χ2v) is 7.93. The normalized spacial score (nSPS) is 15.2. The number of aliphatic imine (C=N–C) groups is 1. The first-order valence-corrected chi connectivity index (χ1v) is 10.8. The van der Waals surface area contributed by atoms with E-state index in [4.69, 9.17) is 4.74 Å². The zero-order valence-corrected chi connectivity index (χ0v) is 21.2. The number of para-hydroxylation sites is 1. The summed E-state index contributed by atoms with van der Waals surface area (Å²) in [5.41, 5.74) is 2.46. The molecule has 2 aromatic carbocycles. The molecule has 1 saturated heterocycles. The average molecular weight is 556 g/mol. The molecule has 1 heterocycles. The number of guanidine groups is 1. The third kappa shape index (κ3) is 8.22. The van der Waals surface area contributed by atoms with Gasteiger partial charge in [0.25, 0.3) is 0 Å². The predicted octanol–water partition coefficient (Wildman–Crippen LogP) is 3.49. The maximum Gasteiger partial charge on any atom is 0.193 e. The van der Waals surface area contributed by atoms with Crippen LogP contribution in [0.3, 0.4) is 0 Å². The second kappa shape index (κ2) is 13.6. The molecule has 0 atom stereocenters. The number of rotatable bonds is 8. The van der Waals surface area contributed by atoms with Gasteiger partial charge < -0.3 is 20.1 Å². The fraction of sp³-hybridized carbons (Fsp3) is 0.458. The van der Waals surface area contributed by atoms with E-state index in [1.165, 1.54) is 17.2 Å². The summed E-state index contributed by atoms with van der Waals surface area (Å²) in [6, 6.07) is 15.0. The van der Waals surface area contributed by atoms with E-state index in [1.54, 1.807) is 25.2 Å². The maximum atomic E-state index is 13.6. The lowest BCUT2D eigenvalue weighted by Gasteiger charge is -2.29. The largest absolute Gasteiger partial charge is 0.489 e. The van der Waals surface area contributed by atoms with E-state index in [2.05, 4.69) is 39.5 Å². The first-order valence-electron chi connectivity index (χ1n) is 10.8. The van der Waals surface area contributed by atoms with Crippen LogP contribution in [0.4, 0.5) is 4.39 Å². The lowest BCUT2D eigenvalue weighted by Crippen LogP contribution is -2.40. The van der Waals surface area contributed by atoms with Gasteiger partial charge in [0.15, 0.2) is 17.5 Å². The van der Waals surface area contributed by atoms with Gasteiger partial charge in [-0.1, -0.05) is 36.4 Å². The highest BCUT2D eigenvalue weighted by Gasteiger charge is 2.16. The molecule has 8 heteroatoms. The van der Waals surface area contributed by atoms with Crippen molar-refractivity contribution >= 4 is 29.9 Å². The van der Waals surface area contributed by atoms with Crippen molar-refractivity contribution in [2.45, 2.75) is 32.0 Å². The zero-order valence-electron chi connectivity index (χ0n) is 18.8. The minimum absolute atomic E-state index is 0. The monoisotopic (exact) mass is 556 g/mol. The van der Waals surface area contributed by atoms with E-state index in [1.807, 2.05) is 11.9 Å². The summed E-state index contributed by atoms with van der Waals surface area (Å²) in [6.45, 7) is 4.44. The third-order valence-corrected chi connectivity index (χ3v) is 5.53. The Morgan fingerprint density at radius 1 is 1.16 bits per heavy atom. The minimum Gasteiger partial charge on any atom is -0.489 e. The van der Waals surface area contributed by atoms with Crippen LogP contribution in [0.15, 0.2) is 53.5 Å². The molecule has 6 nitrogen and oxygen atoms in total. The minimum atomic E-state index is -0.353. The molecular weight excluding hydrogens is 522 g/mol. The molecule has 2 aromatic rings. The van der Waals surface area contributed by atoms with Gasteiger partial charge in [0, 0.05) is 40.3 Å². The van der Waals surface area contributed by atoms with Crippen LogP contribution in [-0.4, -0.2) is 67.3 Å². The van der Waals surface area contributed by atoms with Gasteiger partial charge in [0.05, 0.1) is 12.6 Å². The number of hydrogen-bond acceptors (Lipinski definition) is 4. The van der Waals surface area contributed by atoms with Crippen LogP contribution in [0.1, 0.15) is 24.0 Å².